The molecule has 1 rings (SSSR count). The lowest BCUT2D eigenvalue weighted by Gasteiger charge is -2.24. The molecule has 1 nitrogen and oxygen atoms in total. The first-order valence-electron chi connectivity index (χ1n) is 3.01. The molecule has 1 atom stereocenters. The van der Waals surface area contributed by atoms with Crippen molar-refractivity contribution in [3.8, 4) is 0 Å². The number of hydrogen-bond acceptors (Lipinski definition) is 1. The van der Waals surface area contributed by atoms with Crippen molar-refractivity contribution >= 4 is 0 Å². The molecule has 0 unspecified atom stereocenters. The second-order valence-corrected chi connectivity index (χ2v) is 2.28. The van der Waals surface area contributed by atoms with E-state index in [-0.39, 0.29) is 11.7 Å². The van der Waals surface area contributed by atoms with Gasteiger partial charge in [-0.3, -0.25) is 0 Å². The summed E-state index contributed by atoms with van der Waals surface area (Å²) in [6.07, 6.45) is 2.32. The predicted octanol–water partition coefficient (Wildman–Crippen LogP) is 1.94. The second-order valence-electron chi connectivity index (χ2n) is 2.28. The van der Waals surface area contributed by atoms with Crippen molar-refractivity contribution in [1.82, 2.24) is 5.32 Å². The summed E-state index contributed by atoms with van der Waals surface area (Å²) < 4.78 is 12.5. The summed E-state index contributed by atoms with van der Waals surface area (Å²) in [6.45, 7) is 5.29. The Morgan fingerprint density at radius 1 is 1.89 bits per heavy atom. The van der Waals surface area contributed by atoms with E-state index in [0.29, 0.717) is 5.70 Å². The van der Waals surface area contributed by atoms with Crippen molar-refractivity contribution in [2.45, 2.75) is 13.3 Å². The molecule has 0 aromatic rings. The highest BCUT2D eigenvalue weighted by Gasteiger charge is 2.24. The van der Waals surface area contributed by atoms with Crippen LogP contribution >= 0.6 is 0 Å². The van der Waals surface area contributed by atoms with Gasteiger partial charge >= 0.3 is 0 Å². The van der Waals surface area contributed by atoms with Crippen LogP contribution in [0.15, 0.2) is 24.3 Å². The van der Waals surface area contributed by atoms with E-state index in [2.05, 4.69) is 11.9 Å². The first-order valence-corrected chi connectivity index (χ1v) is 3.01. The summed E-state index contributed by atoms with van der Waals surface area (Å²) in [4.78, 5) is 0. The largest absolute Gasteiger partial charge is 0.363 e. The van der Waals surface area contributed by atoms with E-state index in [0.717, 1.165) is 6.42 Å². The third kappa shape index (κ3) is 0.969. The van der Waals surface area contributed by atoms with Crippen LogP contribution in [0.2, 0.25) is 0 Å². The van der Waals surface area contributed by atoms with Crippen LogP contribution in [0, 0.1) is 5.92 Å². The topological polar surface area (TPSA) is 12.0 Å². The van der Waals surface area contributed by atoms with Gasteiger partial charge in [0, 0.05) is 11.6 Å². The average molecular weight is 127 g/mol. The van der Waals surface area contributed by atoms with Gasteiger partial charge in [-0.05, 0) is 12.6 Å². The fourth-order valence-electron chi connectivity index (χ4n) is 0.911. The normalized spacial score (nSPS) is 25.3. The Morgan fingerprint density at radius 2 is 2.56 bits per heavy atom. The van der Waals surface area contributed by atoms with Crippen LogP contribution in [0.3, 0.4) is 0 Å². The highest BCUT2D eigenvalue weighted by Crippen LogP contribution is 2.32. The molecule has 1 aliphatic rings. The van der Waals surface area contributed by atoms with E-state index in [1.165, 1.54) is 6.20 Å². The van der Waals surface area contributed by atoms with Gasteiger partial charge in [0.05, 0.1) is 0 Å². The monoisotopic (exact) mass is 127 g/mol. The zero-order chi connectivity index (χ0) is 6.85. The Hall–Kier alpha value is -0.790. The minimum absolute atomic E-state index is 0.0186. The Bertz CT molecular complexity index is 160. The van der Waals surface area contributed by atoms with Gasteiger partial charge in [0.1, 0.15) is 5.83 Å². The fraction of sp³-hybridized carbons (Fsp3) is 0.429. The number of allylic oxidation sites excluding steroid dienone is 2. The van der Waals surface area contributed by atoms with Crippen LogP contribution < -0.4 is 5.32 Å². The smallest absolute Gasteiger partial charge is 0.122 e. The summed E-state index contributed by atoms with van der Waals surface area (Å²) >= 11 is 0. The lowest BCUT2D eigenvalue weighted by Crippen LogP contribution is -2.21. The molecule has 0 saturated heterocycles. The Balaban J connectivity index is 2.53. The van der Waals surface area contributed by atoms with E-state index < -0.39 is 0 Å². The molecule has 2 heteroatoms. The predicted molar refractivity (Wildman–Crippen MR) is 35.2 cm³/mol. The van der Waals surface area contributed by atoms with Crippen LogP contribution in [0.4, 0.5) is 4.39 Å². The lowest BCUT2D eigenvalue weighted by atomic mass is 9.92. The molecule has 0 amide bonds. The Labute approximate surface area is 54.3 Å². The van der Waals surface area contributed by atoms with E-state index in [4.69, 9.17) is 0 Å². The molecule has 0 bridgehead atoms. The quantitative estimate of drug-likeness (QED) is 0.597. The van der Waals surface area contributed by atoms with Crippen LogP contribution in [0.25, 0.3) is 0 Å². The van der Waals surface area contributed by atoms with Crippen molar-refractivity contribution in [1.29, 1.82) is 0 Å². The van der Waals surface area contributed by atoms with Gasteiger partial charge in [-0.15, -0.1) is 0 Å². The zero-order valence-electron chi connectivity index (χ0n) is 5.45. The van der Waals surface area contributed by atoms with Gasteiger partial charge in [0.2, 0.25) is 0 Å². The molecule has 0 aromatic heterocycles. The van der Waals surface area contributed by atoms with E-state index in [1.807, 2.05) is 6.92 Å². The molecule has 0 spiro atoms. The van der Waals surface area contributed by atoms with Gasteiger partial charge in [-0.2, -0.15) is 0 Å². The Morgan fingerprint density at radius 3 is 2.89 bits per heavy atom. The molecule has 1 aliphatic carbocycles. The van der Waals surface area contributed by atoms with Crippen molar-refractivity contribution < 1.29 is 4.39 Å². The molecule has 50 valence electrons. The van der Waals surface area contributed by atoms with Gasteiger partial charge in [0.25, 0.3) is 0 Å². The van der Waals surface area contributed by atoms with Gasteiger partial charge in [-0.25, -0.2) is 4.39 Å². The van der Waals surface area contributed by atoms with Gasteiger partial charge in [0.15, 0.2) is 0 Å². The zero-order valence-corrected chi connectivity index (χ0v) is 5.45. The van der Waals surface area contributed by atoms with E-state index in [1.54, 1.807) is 0 Å². The molecule has 0 heterocycles. The van der Waals surface area contributed by atoms with Crippen molar-refractivity contribution in [3.63, 3.8) is 0 Å². The standard InChI is InChI=1S/C7H10FN/c1-3-9-6-4-5(2)7(6)8/h3,5,9H,1,4H2,2H3/t5-/m0/s1. The van der Waals surface area contributed by atoms with E-state index >= 15 is 0 Å². The third-order valence-electron chi connectivity index (χ3n) is 1.51. The molecule has 1 N–H and O–H groups in total. The van der Waals surface area contributed by atoms with Crippen LogP contribution in [-0.4, -0.2) is 0 Å². The molecular formula is C7H10FN. The summed E-state index contributed by atoms with van der Waals surface area (Å²) in [5.41, 5.74) is 0.692. The second kappa shape index (κ2) is 2.21. The molecule has 9 heavy (non-hydrogen) atoms. The molecule has 0 saturated carbocycles. The number of halogens is 1. The first kappa shape index (κ1) is 6.33. The molecule has 0 radical (unpaired) electrons. The van der Waals surface area contributed by atoms with Crippen LogP contribution in [0.5, 0.6) is 0 Å². The van der Waals surface area contributed by atoms with Crippen molar-refractivity contribution in [2.75, 3.05) is 0 Å². The van der Waals surface area contributed by atoms with Crippen LogP contribution in [-0.2, 0) is 0 Å². The fourth-order valence-corrected chi connectivity index (χ4v) is 0.911. The number of nitrogens with one attached hydrogen (secondary N) is 1. The minimum Gasteiger partial charge on any atom is -0.363 e. The maximum atomic E-state index is 12.5. The van der Waals surface area contributed by atoms with Gasteiger partial charge < -0.3 is 5.32 Å². The summed E-state index contributed by atoms with van der Waals surface area (Å²) in [5, 5.41) is 2.73. The van der Waals surface area contributed by atoms with Gasteiger partial charge in [-0.1, -0.05) is 13.5 Å². The van der Waals surface area contributed by atoms with Crippen molar-refractivity contribution in [2.24, 2.45) is 5.92 Å². The average Bonchev–Trinajstić information content (AvgIpc) is 1.88. The van der Waals surface area contributed by atoms with Crippen molar-refractivity contribution in [3.05, 3.63) is 24.3 Å². The molecular weight excluding hydrogens is 117 g/mol. The SMILES string of the molecule is C=CNC1=C(F)[C@@H](C)C1. The highest BCUT2D eigenvalue weighted by molar-refractivity contribution is 5.21. The maximum Gasteiger partial charge on any atom is 0.122 e. The Kier molecular flexibility index (Phi) is 1.56. The number of hydrogen-bond donors (Lipinski definition) is 1. The van der Waals surface area contributed by atoms with E-state index in [9.17, 15) is 4.39 Å². The summed E-state index contributed by atoms with van der Waals surface area (Å²) in [6, 6.07) is 0. The molecule has 0 aliphatic heterocycles. The third-order valence-corrected chi connectivity index (χ3v) is 1.51. The summed E-state index contributed by atoms with van der Waals surface area (Å²) in [7, 11) is 0. The summed E-state index contributed by atoms with van der Waals surface area (Å²) in [5.74, 6) is 0.0994. The number of rotatable bonds is 2. The first-order chi connectivity index (χ1) is 4.25. The molecule has 0 aromatic carbocycles. The highest BCUT2D eigenvalue weighted by atomic mass is 19.1. The minimum atomic E-state index is -0.0186. The maximum absolute atomic E-state index is 12.5. The van der Waals surface area contributed by atoms with Crippen LogP contribution in [0.1, 0.15) is 13.3 Å². The lowest BCUT2D eigenvalue weighted by molar-refractivity contribution is 0.404. The molecule has 0 fully saturated rings.